The zero-order valence-electron chi connectivity index (χ0n) is 42.8. The monoisotopic (exact) mass is 1040 g/mol. The molecule has 73 heavy (non-hydrogen) atoms. The van der Waals surface area contributed by atoms with Gasteiger partial charge < -0.3 is 86.6 Å². The number of allylic oxidation sites excluding steroid dienone is 12. The van der Waals surface area contributed by atoms with Crippen LogP contribution in [0, 0.1) is 17.8 Å². The highest BCUT2D eigenvalue weighted by molar-refractivity contribution is 5.71. The Morgan fingerprint density at radius 1 is 0.671 bits per heavy atom. The summed E-state index contributed by atoms with van der Waals surface area (Å²) < 4.78 is 23.9. The fourth-order valence-electron chi connectivity index (χ4n) is 9.34. The summed E-state index contributed by atoms with van der Waals surface area (Å²) in [6, 6.07) is -0.868. The number of carbonyl (C=O) groups excluding carboxylic acids is 1. The van der Waals surface area contributed by atoms with E-state index in [2.05, 4.69) is 0 Å². The van der Waals surface area contributed by atoms with Gasteiger partial charge in [0.1, 0.15) is 18.1 Å². The number of aliphatic hydroxyl groups is 10. The number of hydrogen-bond donors (Lipinski definition) is 13. The van der Waals surface area contributed by atoms with E-state index in [1.54, 1.807) is 75.5 Å². The summed E-state index contributed by atoms with van der Waals surface area (Å²) in [5.41, 5.74) is 11.6. The van der Waals surface area contributed by atoms with Crippen molar-refractivity contribution in [3.63, 3.8) is 0 Å². The minimum absolute atomic E-state index is 0.112. The summed E-state index contributed by atoms with van der Waals surface area (Å²) in [6.45, 7) is 8.44. The van der Waals surface area contributed by atoms with Crippen molar-refractivity contribution in [2.24, 2.45) is 29.2 Å². The van der Waals surface area contributed by atoms with E-state index in [4.69, 9.17) is 30.4 Å². The second kappa shape index (κ2) is 32.8. The zero-order chi connectivity index (χ0) is 54.3. The van der Waals surface area contributed by atoms with Crippen LogP contribution in [0.3, 0.4) is 0 Å². The molecule has 15 N–H and O–H groups in total. The van der Waals surface area contributed by atoms with Crippen LogP contribution in [0.15, 0.2) is 85.1 Å². The number of nitrogens with zero attached hydrogens (tertiary/aromatic N) is 1. The lowest BCUT2D eigenvalue weighted by Crippen LogP contribution is -2.64. The summed E-state index contributed by atoms with van der Waals surface area (Å²) >= 11 is 0. The first-order valence-electron chi connectivity index (χ1n) is 25.7. The Morgan fingerprint density at radius 3 is 1.79 bits per heavy atom. The number of fused-ring (bicyclic) bond motifs is 2. The third-order valence-corrected chi connectivity index (χ3v) is 13.7. The molecule has 3 aliphatic rings. The lowest BCUT2D eigenvalue weighted by molar-refractivity contribution is -0.312. The molecule has 0 radical (unpaired) electrons. The first kappa shape index (κ1) is 63.8. The van der Waals surface area contributed by atoms with Crippen LogP contribution in [-0.4, -0.2) is 197 Å². The number of hydrogen-bond acceptors (Lipinski definition) is 19. The van der Waals surface area contributed by atoms with Gasteiger partial charge in [0, 0.05) is 37.5 Å². The number of nitrogens with two attached hydrogens (primary N) is 2. The van der Waals surface area contributed by atoms with Crippen molar-refractivity contribution in [1.29, 1.82) is 0 Å². The SMILES string of the molecule is C[C@@H]1[C@H](O)[C@@H](C)/C=C/C=C/C=C/C=C/C=C/C=C/C=C/[C@H](O[C@@H]2O[C@H](C)[C@@H](O)[C@H](N(CCCN)CCCN)[C@@H]2O)C[C@@H]2O[C@](O)(C[C@@H](O)C[C@@H](O)[C@H](O)CC[C@@H](O)C[C@@H](O)CC(=O)O[C@H]1C)C[C@H](O)[C@H]2C(=O)O. The molecule has 0 unspecified atom stereocenters. The van der Waals surface area contributed by atoms with E-state index in [1.807, 2.05) is 42.2 Å². The number of ether oxygens (including phenoxy) is 4. The molecule has 0 aromatic heterocycles. The molecular weight excluding hydrogens is 951 g/mol. The summed E-state index contributed by atoms with van der Waals surface area (Å²) in [5.74, 6) is -6.87. The van der Waals surface area contributed by atoms with Crippen molar-refractivity contribution in [3.8, 4) is 0 Å². The first-order chi connectivity index (χ1) is 34.6. The van der Waals surface area contributed by atoms with Crippen LogP contribution >= 0.6 is 0 Å². The van der Waals surface area contributed by atoms with Gasteiger partial charge in [-0.15, -0.1) is 0 Å². The van der Waals surface area contributed by atoms with Gasteiger partial charge in [-0.05, 0) is 72.1 Å². The zero-order valence-corrected chi connectivity index (χ0v) is 42.8. The Labute approximate surface area is 430 Å². The Kier molecular flexibility index (Phi) is 28.7. The van der Waals surface area contributed by atoms with Crippen molar-refractivity contribution in [1.82, 2.24) is 4.90 Å². The number of carboxylic acids is 1. The average Bonchev–Trinajstić information content (AvgIpc) is 3.31. The summed E-state index contributed by atoms with van der Waals surface area (Å²) in [7, 11) is 0. The third-order valence-electron chi connectivity index (χ3n) is 13.7. The molecule has 0 amide bonds. The van der Waals surface area contributed by atoms with Crippen LogP contribution in [0.1, 0.15) is 91.9 Å². The Balaban J connectivity index is 1.94. The number of rotatable bonds is 10. The number of esters is 1. The first-order valence-corrected chi connectivity index (χ1v) is 25.7. The molecule has 0 aromatic rings. The van der Waals surface area contributed by atoms with Gasteiger partial charge in [0.05, 0.1) is 79.6 Å². The molecule has 2 saturated heterocycles. The van der Waals surface area contributed by atoms with E-state index in [-0.39, 0.29) is 31.6 Å². The van der Waals surface area contributed by atoms with Crippen LogP contribution in [0.25, 0.3) is 0 Å². The van der Waals surface area contributed by atoms with Crippen LogP contribution < -0.4 is 11.5 Å². The Bertz CT molecular complexity index is 1820. The predicted molar refractivity (Wildman–Crippen MR) is 272 cm³/mol. The van der Waals surface area contributed by atoms with Crippen molar-refractivity contribution in [3.05, 3.63) is 85.1 Å². The minimum atomic E-state index is -2.34. The topological polar surface area (TPSA) is 349 Å². The summed E-state index contributed by atoms with van der Waals surface area (Å²) in [4.78, 5) is 27.3. The Morgan fingerprint density at radius 2 is 1.23 bits per heavy atom. The predicted octanol–water partition coefficient (Wildman–Crippen LogP) is 0.753. The van der Waals surface area contributed by atoms with Crippen LogP contribution in [0.5, 0.6) is 0 Å². The molecule has 3 rings (SSSR count). The summed E-state index contributed by atoms with van der Waals surface area (Å²) in [6.07, 6.45) is 4.83. The van der Waals surface area contributed by atoms with E-state index in [0.717, 1.165) is 0 Å². The number of carboxylic acid groups (broad SMARTS) is 1. The molecule has 3 aliphatic heterocycles. The van der Waals surface area contributed by atoms with Crippen molar-refractivity contribution >= 4 is 11.9 Å². The highest BCUT2D eigenvalue weighted by Gasteiger charge is 2.51. The van der Waals surface area contributed by atoms with E-state index >= 15 is 0 Å². The van der Waals surface area contributed by atoms with Crippen molar-refractivity contribution < 1.29 is 84.7 Å². The number of cyclic esters (lactones) is 1. The third kappa shape index (κ3) is 21.9. The van der Waals surface area contributed by atoms with Crippen LogP contribution in [0.2, 0.25) is 0 Å². The molecular formula is C53H87N3O17. The van der Waals surface area contributed by atoms with Gasteiger partial charge in [0.2, 0.25) is 0 Å². The molecule has 19 atom stereocenters. The van der Waals surface area contributed by atoms with Gasteiger partial charge in [0.15, 0.2) is 12.1 Å². The molecule has 20 heteroatoms. The maximum Gasteiger partial charge on any atom is 0.311 e. The molecule has 416 valence electrons. The quantitative estimate of drug-likeness (QED) is 0.134. The van der Waals surface area contributed by atoms with E-state index < -0.39 is 147 Å². The Hall–Kier alpha value is -3.52. The minimum Gasteiger partial charge on any atom is -0.481 e. The number of aliphatic hydroxyl groups excluding tert-OH is 9. The molecule has 0 aromatic carbocycles. The maximum absolute atomic E-state index is 12.7. The van der Waals surface area contributed by atoms with Crippen molar-refractivity contribution in [2.45, 2.75) is 189 Å². The second-order valence-electron chi connectivity index (χ2n) is 19.8. The van der Waals surface area contributed by atoms with Gasteiger partial charge in [-0.1, -0.05) is 98.9 Å². The van der Waals surface area contributed by atoms with Crippen LogP contribution in [0.4, 0.5) is 0 Å². The molecule has 0 saturated carbocycles. The highest BCUT2D eigenvalue weighted by atomic mass is 16.7. The van der Waals surface area contributed by atoms with Crippen molar-refractivity contribution in [2.75, 3.05) is 26.2 Å². The lowest BCUT2D eigenvalue weighted by Gasteiger charge is -2.47. The largest absolute Gasteiger partial charge is 0.481 e. The van der Waals surface area contributed by atoms with Gasteiger partial charge >= 0.3 is 11.9 Å². The standard InChI is InChI=1S/C53H87N3O17/c1-33-19-15-13-11-9-7-5-6-8-10-12-14-16-20-40(72-52-50(66)47(49(65)36(4)71-52)56(25-17-23-54)26-18-24-55)30-44-46(51(67)68)43(62)32-53(69,73-44)31-39(59)28-42(61)41(60)22-21-37(57)27-38(58)29-45(63)70-35(3)34(2)48(33)64/h5-16,19-20,33-44,46-50,52,57-62,64-66,69H,17-18,21-32,54-55H2,1-4H3,(H,67,68)/b6-5+,9-7+,10-8+,13-11+,14-12+,19-15+,20-16+/t33-,34-,35-,36+,37+,38+,39-,40-,41+,42+,43-,44-,46+,47-,48+,49+,50-,52-,53+/m0/s1. The second-order valence-corrected chi connectivity index (χ2v) is 19.8. The van der Waals surface area contributed by atoms with E-state index in [9.17, 15) is 65.8 Å². The molecule has 0 spiro atoms. The molecule has 0 aliphatic carbocycles. The molecule has 20 nitrogen and oxygen atoms in total. The van der Waals surface area contributed by atoms with Gasteiger partial charge in [-0.3, -0.25) is 14.5 Å². The molecule has 2 bridgehead atoms. The van der Waals surface area contributed by atoms with Crippen LogP contribution in [-0.2, 0) is 28.5 Å². The summed E-state index contributed by atoms with van der Waals surface area (Å²) in [5, 5.41) is 121. The number of carbonyl (C=O) groups is 2. The maximum atomic E-state index is 12.7. The fraction of sp³-hybridized carbons (Fsp3) is 0.698. The lowest BCUT2D eigenvalue weighted by atomic mass is 9.82. The highest BCUT2D eigenvalue weighted by Crippen LogP contribution is 2.38. The molecule has 2 fully saturated rings. The van der Waals surface area contributed by atoms with E-state index in [0.29, 0.717) is 39.0 Å². The average molecular weight is 1040 g/mol. The normalized spacial score (nSPS) is 41.9. The smallest absolute Gasteiger partial charge is 0.311 e. The number of aliphatic carboxylic acids is 1. The molecule has 3 heterocycles. The van der Waals surface area contributed by atoms with Gasteiger partial charge in [-0.2, -0.15) is 0 Å². The van der Waals surface area contributed by atoms with Gasteiger partial charge in [0.25, 0.3) is 0 Å². The van der Waals surface area contributed by atoms with E-state index in [1.165, 1.54) is 0 Å². The van der Waals surface area contributed by atoms with Gasteiger partial charge in [-0.25, -0.2) is 0 Å². The fourth-order valence-corrected chi connectivity index (χ4v) is 9.34.